The van der Waals surface area contributed by atoms with Gasteiger partial charge in [-0.2, -0.15) is 0 Å². The van der Waals surface area contributed by atoms with E-state index in [-0.39, 0.29) is 24.1 Å². The maximum atomic E-state index is 12.4. The predicted molar refractivity (Wildman–Crippen MR) is 93.2 cm³/mol. The summed E-state index contributed by atoms with van der Waals surface area (Å²) in [6.07, 6.45) is 2.04. The molecule has 0 saturated carbocycles. The third-order valence-electron chi connectivity index (χ3n) is 4.21. The second-order valence-corrected chi connectivity index (χ2v) is 8.17. The van der Waals surface area contributed by atoms with Gasteiger partial charge in [0.05, 0.1) is 18.8 Å². The topological polar surface area (TPSA) is 75.7 Å². The molecule has 0 aromatic heterocycles. The first-order chi connectivity index (χ1) is 11.5. The van der Waals surface area contributed by atoms with E-state index in [9.17, 15) is 13.2 Å². The number of carbonyl (C=O) groups excluding carboxylic acids is 1. The molecular weight excluding hydrogens is 328 g/mol. The highest BCUT2D eigenvalue weighted by atomic mass is 32.2. The Morgan fingerprint density at radius 3 is 2.92 bits per heavy atom. The number of piperidine rings is 1. The molecule has 1 amide bonds. The zero-order valence-electron chi connectivity index (χ0n) is 14.3. The molecule has 1 heterocycles. The lowest BCUT2D eigenvalue weighted by Crippen LogP contribution is -2.45. The van der Waals surface area contributed by atoms with Gasteiger partial charge >= 0.3 is 0 Å². The summed E-state index contributed by atoms with van der Waals surface area (Å²) in [5.74, 6) is 0.520. The number of nitrogens with zero attached hydrogens (tertiary/aromatic N) is 1. The minimum Gasteiger partial charge on any atom is -0.497 e. The van der Waals surface area contributed by atoms with Crippen molar-refractivity contribution in [3.63, 3.8) is 0 Å². The number of sulfonamides is 1. The highest BCUT2D eigenvalue weighted by Crippen LogP contribution is 2.20. The van der Waals surface area contributed by atoms with Gasteiger partial charge in [-0.3, -0.25) is 4.79 Å². The van der Waals surface area contributed by atoms with E-state index in [1.165, 1.54) is 4.31 Å². The Hall–Kier alpha value is -1.60. The highest BCUT2D eigenvalue weighted by molar-refractivity contribution is 7.89. The Balaban J connectivity index is 1.92. The van der Waals surface area contributed by atoms with Crippen molar-refractivity contribution in [3.05, 3.63) is 29.8 Å². The average Bonchev–Trinajstić information content (AvgIpc) is 2.60. The lowest BCUT2D eigenvalue weighted by molar-refractivity contribution is -0.126. The fourth-order valence-electron chi connectivity index (χ4n) is 2.91. The number of nitrogens with one attached hydrogen (secondary N) is 1. The fraction of sp³-hybridized carbons (Fsp3) is 0.588. The maximum Gasteiger partial charge on any atom is 0.224 e. The number of hydrogen-bond donors (Lipinski definition) is 1. The Labute approximate surface area is 144 Å². The number of methoxy groups -OCH3 is 1. The van der Waals surface area contributed by atoms with E-state index in [1.54, 1.807) is 7.11 Å². The van der Waals surface area contributed by atoms with Gasteiger partial charge in [0.1, 0.15) is 5.75 Å². The van der Waals surface area contributed by atoms with Crippen molar-refractivity contribution in [2.24, 2.45) is 5.92 Å². The summed E-state index contributed by atoms with van der Waals surface area (Å²) in [7, 11) is -1.64. The van der Waals surface area contributed by atoms with Crippen molar-refractivity contribution in [2.45, 2.75) is 32.7 Å². The van der Waals surface area contributed by atoms with Crippen molar-refractivity contribution in [3.8, 4) is 5.75 Å². The molecule has 1 N–H and O–H groups in total. The van der Waals surface area contributed by atoms with Crippen molar-refractivity contribution in [2.75, 3.05) is 26.0 Å². The van der Waals surface area contributed by atoms with Gasteiger partial charge in [-0.15, -0.1) is 0 Å². The van der Waals surface area contributed by atoms with Crippen LogP contribution in [0.2, 0.25) is 0 Å². The number of carbonyl (C=O) groups is 1. The van der Waals surface area contributed by atoms with E-state index >= 15 is 0 Å². The largest absolute Gasteiger partial charge is 0.497 e. The van der Waals surface area contributed by atoms with E-state index < -0.39 is 10.0 Å². The first kappa shape index (κ1) is 18.7. The zero-order chi connectivity index (χ0) is 17.6. The van der Waals surface area contributed by atoms with Crippen LogP contribution in [0.1, 0.15) is 31.7 Å². The molecule has 134 valence electrons. The third kappa shape index (κ3) is 4.95. The van der Waals surface area contributed by atoms with Crippen LogP contribution in [0.15, 0.2) is 24.3 Å². The second-order valence-electron chi connectivity index (χ2n) is 6.08. The van der Waals surface area contributed by atoms with Gasteiger partial charge in [-0.25, -0.2) is 12.7 Å². The molecule has 1 aliphatic heterocycles. The van der Waals surface area contributed by atoms with Crippen LogP contribution in [0.5, 0.6) is 5.75 Å². The third-order valence-corrected chi connectivity index (χ3v) is 6.25. The lowest BCUT2D eigenvalue weighted by atomic mass is 9.99. The smallest absolute Gasteiger partial charge is 0.224 e. The van der Waals surface area contributed by atoms with Crippen LogP contribution >= 0.6 is 0 Å². The van der Waals surface area contributed by atoms with Gasteiger partial charge in [-0.1, -0.05) is 19.1 Å². The van der Waals surface area contributed by atoms with Crippen molar-refractivity contribution in [1.29, 1.82) is 0 Å². The maximum absolute atomic E-state index is 12.4. The molecule has 2 rings (SSSR count). The Morgan fingerprint density at radius 2 is 2.21 bits per heavy atom. The molecule has 1 aliphatic rings. The summed E-state index contributed by atoms with van der Waals surface area (Å²) >= 11 is 0. The van der Waals surface area contributed by atoms with E-state index in [0.717, 1.165) is 24.2 Å². The van der Waals surface area contributed by atoms with Gasteiger partial charge in [0, 0.05) is 19.6 Å². The molecule has 0 radical (unpaired) electrons. The lowest BCUT2D eigenvalue weighted by Gasteiger charge is -2.31. The molecule has 1 fully saturated rings. The summed E-state index contributed by atoms with van der Waals surface area (Å²) in [4.78, 5) is 12.4. The van der Waals surface area contributed by atoms with Crippen LogP contribution in [-0.4, -0.2) is 44.6 Å². The number of ether oxygens (including phenoxy) is 1. The zero-order valence-corrected chi connectivity index (χ0v) is 15.1. The Morgan fingerprint density at radius 1 is 1.42 bits per heavy atom. The SMILES string of the molecule is CCCS(=O)(=O)N1CCC[C@H](C(=O)NCc2cccc(OC)c2)C1. The molecule has 1 saturated heterocycles. The quantitative estimate of drug-likeness (QED) is 0.810. The summed E-state index contributed by atoms with van der Waals surface area (Å²) in [5, 5.41) is 2.91. The van der Waals surface area contributed by atoms with Crippen molar-refractivity contribution in [1.82, 2.24) is 9.62 Å². The number of rotatable bonds is 7. The van der Waals surface area contributed by atoms with E-state index in [4.69, 9.17) is 4.74 Å². The first-order valence-electron chi connectivity index (χ1n) is 8.34. The molecule has 6 nitrogen and oxygen atoms in total. The minimum atomic E-state index is -3.24. The molecule has 0 spiro atoms. The Kier molecular flexibility index (Phi) is 6.62. The van der Waals surface area contributed by atoms with Crippen LogP contribution in [0.4, 0.5) is 0 Å². The van der Waals surface area contributed by atoms with E-state index in [1.807, 2.05) is 31.2 Å². The monoisotopic (exact) mass is 354 g/mol. The Bertz CT molecular complexity index is 660. The van der Waals surface area contributed by atoms with Crippen LogP contribution in [0.25, 0.3) is 0 Å². The minimum absolute atomic E-state index is 0.0887. The van der Waals surface area contributed by atoms with Gasteiger partial charge in [-0.05, 0) is 37.0 Å². The summed E-state index contributed by atoms with van der Waals surface area (Å²) in [6.45, 7) is 3.06. The van der Waals surface area contributed by atoms with Crippen LogP contribution in [0, 0.1) is 5.92 Å². The molecule has 0 bridgehead atoms. The van der Waals surface area contributed by atoms with Gasteiger partial charge in [0.25, 0.3) is 0 Å². The predicted octanol–water partition coefficient (Wildman–Crippen LogP) is 1.76. The van der Waals surface area contributed by atoms with Crippen molar-refractivity contribution < 1.29 is 17.9 Å². The van der Waals surface area contributed by atoms with Crippen molar-refractivity contribution >= 4 is 15.9 Å². The summed E-state index contributed by atoms with van der Waals surface area (Å²) < 4.78 is 31.0. The van der Waals surface area contributed by atoms with Crippen LogP contribution < -0.4 is 10.1 Å². The summed E-state index contributed by atoms with van der Waals surface area (Å²) in [6, 6.07) is 7.52. The molecule has 1 aromatic carbocycles. The molecule has 1 atom stereocenters. The molecular formula is C17H26N2O4S. The second kappa shape index (κ2) is 8.48. The number of benzene rings is 1. The van der Waals surface area contributed by atoms with Gasteiger partial charge < -0.3 is 10.1 Å². The standard InChI is InChI=1S/C17H26N2O4S/c1-3-10-24(21,22)19-9-5-7-15(13-19)17(20)18-12-14-6-4-8-16(11-14)23-2/h4,6,8,11,15H,3,5,7,9-10,12-13H2,1-2H3,(H,18,20)/t15-/m0/s1. The molecule has 24 heavy (non-hydrogen) atoms. The molecule has 0 aliphatic carbocycles. The molecule has 7 heteroatoms. The highest BCUT2D eigenvalue weighted by Gasteiger charge is 2.31. The fourth-order valence-corrected chi connectivity index (χ4v) is 4.50. The normalized spacial score (nSPS) is 19.0. The number of amides is 1. The van der Waals surface area contributed by atoms with E-state index in [0.29, 0.717) is 19.5 Å². The number of hydrogen-bond acceptors (Lipinski definition) is 4. The average molecular weight is 354 g/mol. The van der Waals surface area contributed by atoms with Gasteiger partial charge in [0.15, 0.2) is 0 Å². The van der Waals surface area contributed by atoms with E-state index in [2.05, 4.69) is 5.32 Å². The van der Waals surface area contributed by atoms with Crippen LogP contribution in [-0.2, 0) is 21.4 Å². The summed E-state index contributed by atoms with van der Waals surface area (Å²) in [5.41, 5.74) is 0.953. The van der Waals surface area contributed by atoms with Gasteiger partial charge in [0.2, 0.25) is 15.9 Å². The molecule has 0 unspecified atom stereocenters. The molecule has 1 aromatic rings. The van der Waals surface area contributed by atoms with Crippen LogP contribution in [0.3, 0.4) is 0 Å². The first-order valence-corrected chi connectivity index (χ1v) is 9.95.